The molecule has 0 saturated carbocycles. The van der Waals surface area contributed by atoms with E-state index >= 15 is 0 Å². The first-order chi connectivity index (χ1) is 9.99. The fourth-order valence-electron chi connectivity index (χ4n) is 3.25. The summed E-state index contributed by atoms with van der Waals surface area (Å²) >= 11 is 6.42. The second-order valence-corrected chi connectivity index (χ2v) is 7.23. The van der Waals surface area contributed by atoms with Crippen molar-refractivity contribution >= 4 is 11.6 Å². The summed E-state index contributed by atoms with van der Waals surface area (Å²) in [6, 6.07) is 7.65. The molecular weight excluding hydrogens is 280 g/mol. The SMILES string of the molecule is CCC1CNC(CC(C)C)CN1Cc1ccc(C)cc1Cl. The smallest absolute Gasteiger partial charge is 0.0453 e. The number of halogens is 1. The third kappa shape index (κ3) is 4.70. The fourth-order valence-corrected chi connectivity index (χ4v) is 3.55. The molecule has 1 aromatic rings. The summed E-state index contributed by atoms with van der Waals surface area (Å²) in [5.41, 5.74) is 2.49. The summed E-state index contributed by atoms with van der Waals surface area (Å²) in [7, 11) is 0. The Morgan fingerprint density at radius 2 is 2.14 bits per heavy atom. The fraction of sp³-hybridized carbons (Fsp3) is 0.667. The van der Waals surface area contributed by atoms with Crippen molar-refractivity contribution in [1.29, 1.82) is 0 Å². The van der Waals surface area contributed by atoms with Gasteiger partial charge >= 0.3 is 0 Å². The molecule has 118 valence electrons. The van der Waals surface area contributed by atoms with Gasteiger partial charge in [0.05, 0.1) is 0 Å². The predicted molar refractivity (Wildman–Crippen MR) is 91.9 cm³/mol. The predicted octanol–water partition coefficient (Wildman–Crippen LogP) is 4.25. The molecule has 3 heteroatoms. The van der Waals surface area contributed by atoms with Gasteiger partial charge < -0.3 is 5.32 Å². The van der Waals surface area contributed by atoms with Crippen LogP contribution in [-0.4, -0.2) is 30.1 Å². The molecule has 0 bridgehead atoms. The molecule has 1 aliphatic rings. The highest BCUT2D eigenvalue weighted by Crippen LogP contribution is 2.23. The lowest BCUT2D eigenvalue weighted by atomic mass is 9.98. The van der Waals surface area contributed by atoms with Crippen molar-refractivity contribution in [2.45, 2.75) is 59.2 Å². The zero-order valence-corrected chi connectivity index (χ0v) is 14.6. The van der Waals surface area contributed by atoms with Gasteiger partial charge in [-0.25, -0.2) is 0 Å². The van der Waals surface area contributed by atoms with E-state index in [-0.39, 0.29) is 0 Å². The monoisotopic (exact) mass is 308 g/mol. The number of aryl methyl sites for hydroxylation is 1. The first kappa shape index (κ1) is 16.8. The first-order valence-corrected chi connectivity index (χ1v) is 8.59. The van der Waals surface area contributed by atoms with Crippen LogP contribution in [-0.2, 0) is 6.54 Å². The second-order valence-electron chi connectivity index (χ2n) is 6.82. The van der Waals surface area contributed by atoms with E-state index in [1.807, 2.05) is 0 Å². The van der Waals surface area contributed by atoms with Crippen LogP contribution in [0.1, 0.15) is 44.7 Å². The molecule has 0 amide bonds. The molecule has 0 spiro atoms. The van der Waals surface area contributed by atoms with E-state index in [1.165, 1.54) is 24.0 Å². The van der Waals surface area contributed by atoms with Crippen molar-refractivity contribution in [1.82, 2.24) is 10.2 Å². The highest BCUT2D eigenvalue weighted by Gasteiger charge is 2.27. The van der Waals surface area contributed by atoms with Crippen molar-refractivity contribution in [2.24, 2.45) is 5.92 Å². The molecule has 1 aromatic carbocycles. The summed E-state index contributed by atoms with van der Waals surface area (Å²) in [5.74, 6) is 0.741. The third-order valence-corrected chi connectivity index (χ3v) is 4.77. The van der Waals surface area contributed by atoms with Crippen LogP contribution in [0.15, 0.2) is 18.2 Å². The average Bonchev–Trinajstić information content (AvgIpc) is 2.41. The number of nitrogens with one attached hydrogen (secondary N) is 1. The summed E-state index contributed by atoms with van der Waals surface area (Å²) in [5, 5.41) is 4.62. The maximum Gasteiger partial charge on any atom is 0.0453 e. The van der Waals surface area contributed by atoms with Crippen molar-refractivity contribution in [3.63, 3.8) is 0 Å². The van der Waals surface area contributed by atoms with Gasteiger partial charge in [-0.1, -0.05) is 44.5 Å². The van der Waals surface area contributed by atoms with Crippen molar-refractivity contribution in [2.75, 3.05) is 13.1 Å². The number of benzene rings is 1. The van der Waals surface area contributed by atoms with E-state index in [0.29, 0.717) is 12.1 Å². The van der Waals surface area contributed by atoms with Gasteiger partial charge in [0.2, 0.25) is 0 Å². The molecule has 2 nitrogen and oxygen atoms in total. The Balaban J connectivity index is 2.06. The third-order valence-electron chi connectivity index (χ3n) is 4.42. The van der Waals surface area contributed by atoms with Gasteiger partial charge in [0.1, 0.15) is 0 Å². The molecule has 0 aromatic heterocycles. The van der Waals surface area contributed by atoms with Crippen LogP contribution in [0, 0.1) is 12.8 Å². The topological polar surface area (TPSA) is 15.3 Å². The van der Waals surface area contributed by atoms with Gasteiger partial charge in [0.15, 0.2) is 0 Å². The average molecular weight is 309 g/mol. The minimum Gasteiger partial charge on any atom is -0.311 e. The largest absolute Gasteiger partial charge is 0.311 e. The Kier molecular flexibility index (Phi) is 6.09. The summed E-state index contributed by atoms with van der Waals surface area (Å²) in [6.07, 6.45) is 2.43. The van der Waals surface area contributed by atoms with Crippen LogP contribution < -0.4 is 5.32 Å². The number of hydrogen-bond donors (Lipinski definition) is 1. The Morgan fingerprint density at radius 1 is 1.38 bits per heavy atom. The highest BCUT2D eigenvalue weighted by atomic mass is 35.5. The second kappa shape index (κ2) is 7.62. The number of hydrogen-bond acceptors (Lipinski definition) is 2. The van der Waals surface area contributed by atoms with Crippen LogP contribution in [0.4, 0.5) is 0 Å². The van der Waals surface area contributed by atoms with Gasteiger partial charge in [0, 0.05) is 36.7 Å². The molecule has 1 aliphatic heterocycles. The molecule has 0 aliphatic carbocycles. The molecule has 1 saturated heterocycles. The minimum atomic E-state index is 0.608. The van der Waals surface area contributed by atoms with Crippen LogP contribution in [0.25, 0.3) is 0 Å². The van der Waals surface area contributed by atoms with Gasteiger partial charge in [-0.05, 0) is 42.9 Å². The van der Waals surface area contributed by atoms with Crippen LogP contribution >= 0.6 is 11.6 Å². The van der Waals surface area contributed by atoms with Gasteiger partial charge in [0.25, 0.3) is 0 Å². The zero-order valence-electron chi connectivity index (χ0n) is 13.8. The lowest BCUT2D eigenvalue weighted by Crippen LogP contribution is -2.56. The quantitative estimate of drug-likeness (QED) is 0.875. The lowest BCUT2D eigenvalue weighted by molar-refractivity contribution is 0.111. The van der Waals surface area contributed by atoms with Gasteiger partial charge in [-0.15, -0.1) is 0 Å². The summed E-state index contributed by atoms with van der Waals surface area (Å²) in [4.78, 5) is 2.61. The van der Waals surface area contributed by atoms with E-state index < -0.39 is 0 Å². The molecular formula is C18H29ClN2. The molecule has 21 heavy (non-hydrogen) atoms. The van der Waals surface area contributed by atoms with Crippen LogP contribution in [0.2, 0.25) is 5.02 Å². The Labute approximate surface area is 134 Å². The van der Waals surface area contributed by atoms with Crippen molar-refractivity contribution in [3.05, 3.63) is 34.3 Å². The lowest BCUT2D eigenvalue weighted by Gasteiger charge is -2.41. The van der Waals surface area contributed by atoms with Crippen LogP contribution in [0.5, 0.6) is 0 Å². The normalized spacial score (nSPS) is 23.7. The van der Waals surface area contributed by atoms with E-state index in [9.17, 15) is 0 Å². The molecule has 0 radical (unpaired) electrons. The van der Waals surface area contributed by atoms with Crippen molar-refractivity contribution in [3.8, 4) is 0 Å². The standard InChI is InChI=1S/C18H29ClN2/c1-5-17-10-20-16(8-13(2)3)12-21(17)11-15-7-6-14(4)9-18(15)19/h6-7,9,13,16-17,20H,5,8,10-12H2,1-4H3. The Hall–Kier alpha value is -0.570. The summed E-state index contributed by atoms with van der Waals surface area (Å²) < 4.78 is 0. The number of nitrogens with zero attached hydrogens (tertiary/aromatic N) is 1. The first-order valence-electron chi connectivity index (χ1n) is 8.22. The number of piperazine rings is 1. The molecule has 2 rings (SSSR count). The number of rotatable bonds is 5. The maximum absolute atomic E-state index is 6.42. The summed E-state index contributed by atoms with van der Waals surface area (Å²) in [6.45, 7) is 12.2. The minimum absolute atomic E-state index is 0.608. The van der Waals surface area contributed by atoms with E-state index in [2.05, 4.69) is 56.1 Å². The Morgan fingerprint density at radius 3 is 2.76 bits per heavy atom. The van der Waals surface area contributed by atoms with E-state index in [0.717, 1.165) is 30.6 Å². The maximum atomic E-state index is 6.42. The zero-order chi connectivity index (χ0) is 15.4. The molecule has 2 atom stereocenters. The molecule has 2 unspecified atom stereocenters. The van der Waals surface area contributed by atoms with E-state index in [1.54, 1.807) is 0 Å². The van der Waals surface area contributed by atoms with Gasteiger partial charge in [-0.3, -0.25) is 4.90 Å². The highest BCUT2D eigenvalue weighted by molar-refractivity contribution is 6.31. The van der Waals surface area contributed by atoms with E-state index in [4.69, 9.17) is 11.6 Å². The molecule has 1 fully saturated rings. The van der Waals surface area contributed by atoms with Crippen LogP contribution in [0.3, 0.4) is 0 Å². The van der Waals surface area contributed by atoms with Crippen molar-refractivity contribution < 1.29 is 0 Å². The molecule has 1 heterocycles. The van der Waals surface area contributed by atoms with Gasteiger partial charge in [-0.2, -0.15) is 0 Å². The Bertz CT molecular complexity index is 459. The molecule has 1 N–H and O–H groups in total.